The number of hydrogen-bond donors (Lipinski definition) is 0. The van der Waals surface area contributed by atoms with Crippen LogP contribution in [0, 0.1) is 18.6 Å². The topological polar surface area (TPSA) is 86.5 Å². The molecule has 0 unspecified atom stereocenters. The predicted molar refractivity (Wildman–Crippen MR) is 131 cm³/mol. The van der Waals surface area contributed by atoms with Crippen LogP contribution in [0.15, 0.2) is 63.9 Å². The summed E-state index contributed by atoms with van der Waals surface area (Å²) in [4.78, 5) is 16.5. The van der Waals surface area contributed by atoms with E-state index in [0.29, 0.717) is 10.9 Å². The first-order valence-corrected chi connectivity index (χ1v) is 13.0. The maximum atomic E-state index is 14.9. The fourth-order valence-corrected chi connectivity index (χ4v) is 4.34. The van der Waals surface area contributed by atoms with E-state index < -0.39 is 32.9 Å². The first kappa shape index (κ1) is 26.0. The quantitative estimate of drug-likeness (QED) is 0.314. The lowest BCUT2D eigenvalue weighted by molar-refractivity contribution is 0.422. The number of hydrogen-bond acceptors (Lipinski definition) is 6. The van der Waals surface area contributed by atoms with Gasteiger partial charge in [-0.25, -0.2) is 27.0 Å². The largest absolute Gasteiger partial charge is 0.436 e. The Balaban J connectivity index is 0.00000167. The standard InChI is InChI=1S/C24H19F2NO5S.C2H6/c1-14-18-9-8-17(31-23-20(25)7-4-10-27-23)12-21(18)32-24(28)19(14)11-15-5-3-6-16(22(15)26)13-33(2,29)30;1-2/h3-10,12H,11,13H2,1-2H3;1-2H3. The molecule has 0 aliphatic heterocycles. The first-order valence-electron chi connectivity index (χ1n) is 10.9. The SMILES string of the molecule is CC.Cc1c(Cc2cccc(CS(C)(=O)=O)c2F)c(=O)oc2cc(Oc3ncccc3F)ccc12. The number of ether oxygens (including phenoxy) is 1. The third-order valence-corrected chi connectivity index (χ3v) is 5.98. The smallest absolute Gasteiger partial charge is 0.340 e. The van der Waals surface area contributed by atoms with E-state index in [1.54, 1.807) is 25.1 Å². The van der Waals surface area contributed by atoms with Gasteiger partial charge in [0.1, 0.15) is 17.1 Å². The van der Waals surface area contributed by atoms with Crippen molar-refractivity contribution in [2.75, 3.05) is 6.26 Å². The number of halogens is 2. The van der Waals surface area contributed by atoms with Crippen LogP contribution >= 0.6 is 0 Å². The van der Waals surface area contributed by atoms with E-state index >= 15 is 0 Å². The van der Waals surface area contributed by atoms with Gasteiger partial charge in [0.05, 0.1) is 5.75 Å². The van der Waals surface area contributed by atoms with Gasteiger partial charge in [0.2, 0.25) is 0 Å². The Morgan fingerprint density at radius 2 is 1.74 bits per heavy atom. The molecule has 4 rings (SSSR count). The molecule has 0 saturated carbocycles. The highest BCUT2D eigenvalue weighted by Gasteiger charge is 2.18. The summed E-state index contributed by atoms with van der Waals surface area (Å²) in [6.07, 6.45) is 2.35. The molecular formula is C26H25F2NO5S. The Labute approximate surface area is 202 Å². The monoisotopic (exact) mass is 501 g/mol. The molecule has 0 aliphatic rings. The number of rotatable bonds is 6. The van der Waals surface area contributed by atoms with E-state index in [4.69, 9.17) is 9.15 Å². The molecule has 35 heavy (non-hydrogen) atoms. The van der Waals surface area contributed by atoms with Crippen LogP contribution < -0.4 is 10.4 Å². The van der Waals surface area contributed by atoms with Gasteiger partial charge >= 0.3 is 5.63 Å². The van der Waals surface area contributed by atoms with Crippen molar-refractivity contribution in [3.63, 3.8) is 0 Å². The molecule has 0 bridgehead atoms. The van der Waals surface area contributed by atoms with Crippen molar-refractivity contribution in [2.45, 2.75) is 32.9 Å². The molecule has 0 fully saturated rings. The molecule has 2 heterocycles. The molecule has 9 heteroatoms. The predicted octanol–water partition coefficient (Wildman–Crippen LogP) is 5.73. The molecule has 2 aromatic carbocycles. The van der Waals surface area contributed by atoms with Crippen LogP contribution in [0.3, 0.4) is 0 Å². The molecule has 0 saturated heterocycles. The number of sulfone groups is 1. The number of aromatic nitrogens is 1. The van der Waals surface area contributed by atoms with Gasteiger partial charge in [-0.2, -0.15) is 0 Å². The highest BCUT2D eigenvalue weighted by molar-refractivity contribution is 7.89. The summed E-state index contributed by atoms with van der Waals surface area (Å²) in [5.74, 6) is -1.71. The summed E-state index contributed by atoms with van der Waals surface area (Å²) >= 11 is 0. The molecule has 2 aromatic heterocycles. The van der Waals surface area contributed by atoms with Crippen LogP contribution in [-0.2, 0) is 22.0 Å². The normalized spacial score (nSPS) is 11.1. The molecule has 0 radical (unpaired) electrons. The van der Waals surface area contributed by atoms with E-state index in [-0.39, 0.29) is 40.3 Å². The summed E-state index contributed by atoms with van der Waals surface area (Å²) in [6.45, 7) is 5.71. The molecule has 0 N–H and O–H groups in total. The van der Waals surface area contributed by atoms with Crippen molar-refractivity contribution in [1.82, 2.24) is 4.98 Å². The van der Waals surface area contributed by atoms with Crippen LogP contribution in [0.2, 0.25) is 0 Å². The van der Waals surface area contributed by atoms with Crippen LogP contribution in [0.5, 0.6) is 11.6 Å². The average molecular weight is 502 g/mol. The summed E-state index contributed by atoms with van der Waals surface area (Å²) in [6, 6.07) is 11.8. The molecule has 0 atom stereocenters. The number of pyridine rings is 1. The van der Waals surface area contributed by atoms with Crippen molar-refractivity contribution in [3.8, 4) is 11.6 Å². The van der Waals surface area contributed by atoms with E-state index in [1.807, 2.05) is 13.8 Å². The molecule has 0 amide bonds. The minimum atomic E-state index is -3.42. The van der Waals surface area contributed by atoms with Crippen LogP contribution in [0.25, 0.3) is 11.0 Å². The minimum Gasteiger partial charge on any atom is -0.436 e. The van der Waals surface area contributed by atoms with E-state index in [2.05, 4.69) is 4.98 Å². The zero-order chi connectivity index (χ0) is 25.8. The summed E-state index contributed by atoms with van der Waals surface area (Å²) in [7, 11) is -3.42. The third kappa shape index (κ3) is 6.10. The average Bonchev–Trinajstić information content (AvgIpc) is 2.81. The van der Waals surface area contributed by atoms with Crippen LogP contribution in [-0.4, -0.2) is 19.7 Å². The number of fused-ring (bicyclic) bond motifs is 1. The second-order valence-electron chi connectivity index (χ2n) is 7.68. The fraction of sp³-hybridized carbons (Fsp3) is 0.231. The molecule has 0 aliphatic carbocycles. The second kappa shape index (κ2) is 10.8. The highest BCUT2D eigenvalue weighted by Crippen LogP contribution is 2.29. The highest BCUT2D eigenvalue weighted by atomic mass is 32.2. The second-order valence-corrected chi connectivity index (χ2v) is 9.82. The maximum absolute atomic E-state index is 14.9. The number of benzene rings is 2. The minimum absolute atomic E-state index is 0.0429. The Morgan fingerprint density at radius 1 is 1.03 bits per heavy atom. The van der Waals surface area contributed by atoms with Gasteiger partial charge in [-0.05, 0) is 42.3 Å². The molecule has 4 aromatic rings. The molecule has 6 nitrogen and oxygen atoms in total. The van der Waals surface area contributed by atoms with Gasteiger partial charge in [-0.15, -0.1) is 0 Å². The molecular weight excluding hydrogens is 476 g/mol. The van der Waals surface area contributed by atoms with Crippen molar-refractivity contribution in [3.05, 3.63) is 99.0 Å². The van der Waals surface area contributed by atoms with Gasteiger partial charge in [0.15, 0.2) is 15.7 Å². The zero-order valence-corrected chi connectivity index (χ0v) is 20.6. The zero-order valence-electron chi connectivity index (χ0n) is 19.8. The molecule has 184 valence electrons. The maximum Gasteiger partial charge on any atom is 0.340 e. The number of nitrogens with zero attached hydrogens (tertiary/aromatic N) is 1. The van der Waals surface area contributed by atoms with Gasteiger partial charge in [-0.3, -0.25) is 0 Å². The lowest BCUT2D eigenvalue weighted by Gasteiger charge is -2.11. The Kier molecular flexibility index (Phi) is 8.01. The molecule has 0 spiro atoms. The van der Waals surface area contributed by atoms with Gasteiger partial charge in [0.25, 0.3) is 5.88 Å². The van der Waals surface area contributed by atoms with Gasteiger partial charge in [0, 0.05) is 41.5 Å². The third-order valence-electron chi connectivity index (χ3n) is 5.14. The van der Waals surface area contributed by atoms with E-state index in [1.165, 1.54) is 36.5 Å². The Bertz CT molecular complexity index is 1530. The lowest BCUT2D eigenvalue weighted by atomic mass is 9.98. The van der Waals surface area contributed by atoms with E-state index in [0.717, 1.165) is 6.26 Å². The lowest BCUT2D eigenvalue weighted by Crippen LogP contribution is -2.12. The van der Waals surface area contributed by atoms with Crippen LogP contribution in [0.4, 0.5) is 8.78 Å². The summed E-state index contributed by atoms with van der Waals surface area (Å²) in [5, 5.41) is 0.603. The van der Waals surface area contributed by atoms with Crippen molar-refractivity contribution < 1.29 is 26.4 Å². The Hall–Kier alpha value is -3.59. The fourth-order valence-electron chi connectivity index (χ4n) is 3.55. The summed E-state index contributed by atoms with van der Waals surface area (Å²) in [5.41, 5.74) is 0.639. The van der Waals surface area contributed by atoms with Crippen molar-refractivity contribution in [2.24, 2.45) is 0 Å². The van der Waals surface area contributed by atoms with Crippen LogP contribution in [0.1, 0.15) is 36.1 Å². The van der Waals surface area contributed by atoms with Crippen molar-refractivity contribution >= 4 is 20.8 Å². The van der Waals surface area contributed by atoms with E-state index in [9.17, 15) is 22.0 Å². The number of aryl methyl sites for hydroxylation is 1. The van der Waals surface area contributed by atoms with Gasteiger partial charge < -0.3 is 9.15 Å². The Morgan fingerprint density at radius 3 is 2.43 bits per heavy atom. The van der Waals surface area contributed by atoms with Gasteiger partial charge in [-0.1, -0.05) is 32.0 Å². The first-order chi connectivity index (χ1) is 16.6. The van der Waals surface area contributed by atoms with Crippen molar-refractivity contribution in [1.29, 1.82) is 0 Å². The summed E-state index contributed by atoms with van der Waals surface area (Å²) < 4.78 is 62.7.